The molecule has 1 aliphatic carbocycles. The third-order valence-corrected chi connectivity index (χ3v) is 4.76. The van der Waals surface area contributed by atoms with Gasteiger partial charge in [-0.05, 0) is 52.9 Å². The summed E-state index contributed by atoms with van der Waals surface area (Å²) in [4.78, 5) is 14.5. The summed E-state index contributed by atoms with van der Waals surface area (Å²) in [7, 11) is 0. The number of aliphatic hydroxyl groups is 1. The lowest BCUT2D eigenvalue weighted by molar-refractivity contribution is 0.0192. The molecule has 128 valence electrons. The molecule has 22 heavy (non-hydrogen) atoms. The van der Waals surface area contributed by atoms with Crippen LogP contribution in [0.1, 0.15) is 59.8 Å². The largest absolute Gasteiger partial charge is 0.444 e. The van der Waals surface area contributed by atoms with Crippen LogP contribution in [0.4, 0.5) is 4.79 Å². The van der Waals surface area contributed by atoms with E-state index in [0.717, 1.165) is 19.5 Å². The first-order chi connectivity index (χ1) is 10.2. The maximum atomic E-state index is 12.0. The number of ether oxygens (including phenoxy) is 1. The Hall–Kier alpha value is -0.810. The molecule has 0 radical (unpaired) electrons. The van der Waals surface area contributed by atoms with E-state index < -0.39 is 5.60 Å². The van der Waals surface area contributed by atoms with Gasteiger partial charge in [0.1, 0.15) is 5.60 Å². The number of amides is 1. The lowest BCUT2D eigenvalue weighted by atomic mass is 9.89. The lowest BCUT2D eigenvalue weighted by Crippen LogP contribution is -2.55. The molecule has 2 fully saturated rings. The molecule has 1 saturated carbocycles. The molecule has 0 aromatic carbocycles. The predicted molar refractivity (Wildman–Crippen MR) is 86.8 cm³/mol. The molecule has 5 nitrogen and oxygen atoms in total. The smallest absolute Gasteiger partial charge is 0.407 e. The molecule has 1 amide bonds. The number of nitrogens with zero attached hydrogens (tertiary/aromatic N) is 1. The summed E-state index contributed by atoms with van der Waals surface area (Å²) in [5, 5.41) is 13.0. The van der Waals surface area contributed by atoms with E-state index in [1.165, 1.54) is 25.7 Å². The summed E-state index contributed by atoms with van der Waals surface area (Å²) in [6.45, 7) is 9.28. The van der Waals surface area contributed by atoms with Crippen molar-refractivity contribution in [2.45, 2.75) is 83.6 Å². The maximum Gasteiger partial charge on any atom is 0.407 e. The summed E-state index contributed by atoms with van der Waals surface area (Å²) in [6.07, 6.45) is 5.20. The molecule has 0 spiro atoms. The average Bonchev–Trinajstić information content (AvgIpc) is 2.89. The van der Waals surface area contributed by atoms with Crippen molar-refractivity contribution >= 4 is 6.09 Å². The molecular formula is C17H32N2O3. The highest BCUT2D eigenvalue weighted by molar-refractivity contribution is 5.68. The number of aliphatic hydroxyl groups excluding tert-OH is 1. The predicted octanol–water partition coefficient (Wildman–Crippen LogP) is 2.53. The second-order valence-corrected chi connectivity index (χ2v) is 7.97. The Morgan fingerprint density at radius 2 is 1.91 bits per heavy atom. The Balaban J connectivity index is 1.95. The second-order valence-electron chi connectivity index (χ2n) is 7.97. The van der Waals surface area contributed by atoms with Crippen molar-refractivity contribution in [1.29, 1.82) is 0 Å². The molecular weight excluding hydrogens is 280 g/mol. The molecule has 5 heteroatoms. The third kappa shape index (κ3) is 5.13. The fourth-order valence-corrected chi connectivity index (χ4v) is 3.67. The summed E-state index contributed by atoms with van der Waals surface area (Å²) in [5.41, 5.74) is -0.479. The molecule has 1 aliphatic heterocycles. The highest BCUT2D eigenvalue weighted by Crippen LogP contribution is 2.29. The van der Waals surface area contributed by atoms with Crippen molar-refractivity contribution in [2.24, 2.45) is 5.92 Å². The number of hydrogen-bond donors (Lipinski definition) is 2. The van der Waals surface area contributed by atoms with E-state index in [0.29, 0.717) is 6.04 Å². The molecule has 0 bridgehead atoms. The van der Waals surface area contributed by atoms with Gasteiger partial charge in [0.2, 0.25) is 0 Å². The number of carbonyl (C=O) groups excluding carboxylic acids is 1. The second kappa shape index (κ2) is 7.18. The van der Waals surface area contributed by atoms with Gasteiger partial charge in [-0.2, -0.15) is 0 Å². The van der Waals surface area contributed by atoms with Crippen LogP contribution in [0.2, 0.25) is 0 Å². The SMILES string of the molecule is CC(O)C1CC(NC(=O)OC(C)(C)C)CN(C2CCCC2)C1. The standard InChI is InChI=1S/C17H32N2O3/c1-12(20)13-9-14(18-16(21)22-17(2,3)4)11-19(10-13)15-7-5-6-8-15/h12-15,20H,5-11H2,1-4H3,(H,18,21). The zero-order chi connectivity index (χ0) is 16.3. The van der Waals surface area contributed by atoms with Gasteiger partial charge in [0.05, 0.1) is 6.10 Å². The minimum atomic E-state index is -0.479. The molecule has 0 aromatic rings. The number of rotatable bonds is 3. The van der Waals surface area contributed by atoms with Gasteiger partial charge >= 0.3 is 6.09 Å². The van der Waals surface area contributed by atoms with Crippen LogP contribution in [0.15, 0.2) is 0 Å². The van der Waals surface area contributed by atoms with Gasteiger partial charge < -0.3 is 15.2 Å². The molecule has 1 heterocycles. The zero-order valence-corrected chi connectivity index (χ0v) is 14.5. The molecule has 2 N–H and O–H groups in total. The number of carbonyl (C=O) groups is 1. The van der Waals surface area contributed by atoms with Crippen LogP contribution in [0.5, 0.6) is 0 Å². The Labute approximate surface area is 134 Å². The molecule has 2 aliphatic rings. The third-order valence-electron chi connectivity index (χ3n) is 4.76. The summed E-state index contributed by atoms with van der Waals surface area (Å²) < 4.78 is 5.37. The van der Waals surface area contributed by atoms with E-state index in [-0.39, 0.29) is 24.2 Å². The van der Waals surface area contributed by atoms with Crippen molar-refractivity contribution in [3.05, 3.63) is 0 Å². The van der Waals surface area contributed by atoms with Gasteiger partial charge in [0, 0.05) is 25.2 Å². The average molecular weight is 312 g/mol. The van der Waals surface area contributed by atoms with E-state index in [9.17, 15) is 9.90 Å². The van der Waals surface area contributed by atoms with Gasteiger partial charge in [-0.3, -0.25) is 4.90 Å². The highest BCUT2D eigenvalue weighted by atomic mass is 16.6. The van der Waals surface area contributed by atoms with E-state index in [1.54, 1.807) is 0 Å². The lowest BCUT2D eigenvalue weighted by Gasteiger charge is -2.42. The number of likely N-dealkylation sites (tertiary alicyclic amines) is 1. The van der Waals surface area contributed by atoms with Gasteiger partial charge in [-0.15, -0.1) is 0 Å². The van der Waals surface area contributed by atoms with E-state index >= 15 is 0 Å². The van der Waals surface area contributed by atoms with Crippen LogP contribution in [0.25, 0.3) is 0 Å². The van der Waals surface area contributed by atoms with E-state index in [4.69, 9.17) is 4.74 Å². The first-order valence-corrected chi connectivity index (χ1v) is 8.66. The van der Waals surface area contributed by atoms with Crippen LogP contribution in [0.3, 0.4) is 0 Å². The van der Waals surface area contributed by atoms with Gasteiger partial charge in [-0.25, -0.2) is 4.79 Å². The normalized spacial score (nSPS) is 29.3. The molecule has 3 atom stereocenters. The molecule has 0 aromatic heterocycles. The van der Waals surface area contributed by atoms with Gasteiger partial charge in [0.15, 0.2) is 0 Å². The number of piperidine rings is 1. The van der Waals surface area contributed by atoms with Crippen LogP contribution in [-0.4, -0.2) is 53.0 Å². The Kier molecular flexibility index (Phi) is 5.72. The zero-order valence-electron chi connectivity index (χ0n) is 14.5. The van der Waals surface area contributed by atoms with Crippen molar-refractivity contribution in [2.75, 3.05) is 13.1 Å². The van der Waals surface area contributed by atoms with Crippen LogP contribution < -0.4 is 5.32 Å². The summed E-state index contributed by atoms with van der Waals surface area (Å²) in [5.74, 6) is 0.217. The van der Waals surface area contributed by atoms with Crippen molar-refractivity contribution in [3.63, 3.8) is 0 Å². The quantitative estimate of drug-likeness (QED) is 0.840. The number of hydrogen-bond acceptors (Lipinski definition) is 4. The van der Waals surface area contributed by atoms with Crippen molar-refractivity contribution in [1.82, 2.24) is 10.2 Å². The fourth-order valence-electron chi connectivity index (χ4n) is 3.67. The van der Waals surface area contributed by atoms with Crippen LogP contribution >= 0.6 is 0 Å². The summed E-state index contributed by atoms with van der Waals surface area (Å²) >= 11 is 0. The molecule has 1 saturated heterocycles. The Morgan fingerprint density at radius 3 is 2.45 bits per heavy atom. The topological polar surface area (TPSA) is 61.8 Å². The van der Waals surface area contributed by atoms with Crippen molar-refractivity contribution in [3.8, 4) is 0 Å². The Bertz CT molecular complexity index is 373. The maximum absolute atomic E-state index is 12.0. The van der Waals surface area contributed by atoms with Gasteiger partial charge in [0.25, 0.3) is 0 Å². The van der Waals surface area contributed by atoms with Crippen molar-refractivity contribution < 1.29 is 14.6 Å². The minimum Gasteiger partial charge on any atom is -0.444 e. The summed E-state index contributed by atoms with van der Waals surface area (Å²) in [6, 6.07) is 0.674. The number of alkyl carbamates (subject to hydrolysis) is 1. The van der Waals surface area contributed by atoms with E-state index in [1.807, 2.05) is 27.7 Å². The highest BCUT2D eigenvalue weighted by Gasteiger charge is 2.35. The first kappa shape index (κ1) is 17.5. The number of nitrogens with one attached hydrogen (secondary N) is 1. The van der Waals surface area contributed by atoms with E-state index in [2.05, 4.69) is 10.2 Å². The van der Waals surface area contributed by atoms with Crippen LogP contribution in [-0.2, 0) is 4.74 Å². The molecule has 3 unspecified atom stereocenters. The first-order valence-electron chi connectivity index (χ1n) is 8.66. The molecule has 2 rings (SSSR count). The minimum absolute atomic E-state index is 0.0591. The fraction of sp³-hybridized carbons (Fsp3) is 0.941. The van der Waals surface area contributed by atoms with Gasteiger partial charge in [-0.1, -0.05) is 12.8 Å². The monoisotopic (exact) mass is 312 g/mol. The Morgan fingerprint density at radius 1 is 1.27 bits per heavy atom. The van der Waals surface area contributed by atoms with Crippen LogP contribution in [0, 0.1) is 5.92 Å².